The van der Waals surface area contributed by atoms with Gasteiger partial charge in [-0.2, -0.15) is 0 Å². The minimum absolute atomic E-state index is 0.0888. The van der Waals surface area contributed by atoms with Gasteiger partial charge in [-0.3, -0.25) is 9.69 Å². The van der Waals surface area contributed by atoms with Gasteiger partial charge in [-0.25, -0.2) is 0 Å². The number of carbonyl (C=O) groups is 1. The smallest absolute Gasteiger partial charge is 0.237 e. The summed E-state index contributed by atoms with van der Waals surface area (Å²) in [6.45, 7) is 5.94. The second kappa shape index (κ2) is 8.79. The van der Waals surface area contributed by atoms with E-state index in [1.165, 1.54) is 18.4 Å². The van der Waals surface area contributed by atoms with Gasteiger partial charge < -0.3 is 15.4 Å². The Bertz CT molecular complexity index is 543. The van der Waals surface area contributed by atoms with E-state index in [1.807, 2.05) is 6.07 Å². The molecule has 0 spiro atoms. The van der Waals surface area contributed by atoms with E-state index >= 15 is 0 Å². The molecule has 0 saturated carbocycles. The van der Waals surface area contributed by atoms with Crippen LogP contribution in [0, 0.1) is 5.92 Å². The summed E-state index contributed by atoms with van der Waals surface area (Å²) in [5.41, 5.74) is 1.28. The van der Waals surface area contributed by atoms with Crippen molar-refractivity contribution in [3.8, 4) is 0 Å². The summed E-state index contributed by atoms with van der Waals surface area (Å²) in [7, 11) is 1.70. The molecule has 2 N–H and O–H groups in total. The van der Waals surface area contributed by atoms with Gasteiger partial charge >= 0.3 is 0 Å². The number of hydrogen-bond donors (Lipinski definition) is 2. The Morgan fingerprint density at radius 3 is 2.68 bits per heavy atom. The first-order valence-corrected chi connectivity index (χ1v) is 9.50. The first kappa shape index (κ1) is 18.4. The minimum Gasteiger partial charge on any atom is -0.380 e. The molecule has 2 heterocycles. The number of nitrogens with zero attached hydrogens (tertiary/aromatic N) is 1. The lowest BCUT2D eigenvalue weighted by Gasteiger charge is -2.37. The highest BCUT2D eigenvalue weighted by atomic mass is 16.5. The van der Waals surface area contributed by atoms with Gasteiger partial charge in [0, 0.05) is 20.2 Å². The third kappa shape index (κ3) is 4.81. The molecule has 1 aromatic carbocycles. The fourth-order valence-corrected chi connectivity index (χ4v) is 3.88. The third-order valence-electron chi connectivity index (χ3n) is 5.65. The van der Waals surface area contributed by atoms with Crippen LogP contribution in [0.25, 0.3) is 0 Å². The van der Waals surface area contributed by atoms with Gasteiger partial charge in [0.25, 0.3) is 0 Å². The zero-order valence-electron chi connectivity index (χ0n) is 15.4. The van der Waals surface area contributed by atoms with Gasteiger partial charge in [-0.15, -0.1) is 0 Å². The van der Waals surface area contributed by atoms with Gasteiger partial charge in [-0.1, -0.05) is 37.3 Å². The van der Waals surface area contributed by atoms with E-state index in [1.54, 1.807) is 7.11 Å². The highest BCUT2D eigenvalue weighted by molar-refractivity contribution is 5.82. The van der Waals surface area contributed by atoms with Gasteiger partial charge in [0.2, 0.25) is 5.91 Å². The number of benzene rings is 1. The van der Waals surface area contributed by atoms with E-state index in [-0.39, 0.29) is 24.1 Å². The monoisotopic (exact) mass is 345 g/mol. The first-order valence-electron chi connectivity index (χ1n) is 9.50. The van der Waals surface area contributed by atoms with Crippen molar-refractivity contribution < 1.29 is 9.53 Å². The average Bonchev–Trinajstić information content (AvgIpc) is 3.13. The predicted octanol–water partition coefficient (Wildman–Crippen LogP) is 1.95. The lowest BCUT2D eigenvalue weighted by molar-refractivity contribution is -0.123. The standard InChI is InChI=1S/C20H31N3O2/c1-15-8-10-23(11-9-15)19(16-6-4-3-5-7-16)14-22-20(24)18-12-17(25-2)13-21-18/h3-7,15,17-19,21H,8-14H2,1-2H3,(H,22,24)/t17-,18+,19+/m0/s1. The normalized spacial score (nSPS) is 26.5. The van der Waals surface area contributed by atoms with E-state index < -0.39 is 0 Å². The summed E-state index contributed by atoms with van der Waals surface area (Å²) in [6, 6.07) is 10.7. The average molecular weight is 345 g/mol. The Hall–Kier alpha value is -1.43. The Labute approximate surface area is 151 Å². The van der Waals surface area contributed by atoms with Crippen molar-refractivity contribution in [3.05, 3.63) is 35.9 Å². The van der Waals surface area contributed by atoms with Crippen molar-refractivity contribution in [2.75, 3.05) is 33.3 Å². The molecule has 138 valence electrons. The molecular formula is C20H31N3O2. The molecule has 5 heteroatoms. The molecule has 0 aromatic heterocycles. The quantitative estimate of drug-likeness (QED) is 0.827. The Balaban J connectivity index is 1.61. The van der Waals surface area contributed by atoms with Crippen LogP contribution in [-0.4, -0.2) is 56.2 Å². The number of piperidine rings is 1. The lowest BCUT2D eigenvalue weighted by Crippen LogP contribution is -2.46. The number of ether oxygens (including phenoxy) is 1. The van der Waals surface area contributed by atoms with Gasteiger partial charge in [0.1, 0.15) is 0 Å². The van der Waals surface area contributed by atoms with Gasteiger partial charge in [0.15, 0.2) is 0 Å². The Morgan fingerprint density at radius 2 is 2.04 bits per heavy atom. The number of nitrogens with one attached hydrogen (secondary N) is 2. The zero-order valence-corrected chi connectivity index (χ0v) is 15.4. The maximum absolute atomic E-state index is 12.5. The van der Waals surface area contributed by atoms with Crippen molar-refractivity contribution in [1.29, 1.82) is 0 Å². The molecule has 3 atom stereocenters. The van der Waals surface area contributed by atoms with Crippen molar-refractivity contribution in [2.24, 2.45) is 5.92 Å². The Morgan fingerprint density at radius 1 is 1.32 bits per heavy atom. The first-order chi connectivity index (χ1) is 12.2. The summed E-state index contributed by atoms with van der Waals surface area (Å²) in [5, 5.41) is 6.43. The number of rotatable bonds is 6. The van der Waals surface area contributed by atoms with E-state index in [0.717, 1.165) is 32.0 Å². The van der Waals surface area contributed by atoms with Gasteiger partial charge in [-0.05, 0) is 43.8 Å². The molecule has 25 heavy (non-hydrogen) atoms. The third-order valence-corrected chi connectivity index (χ3v) is 5.65. The molecule has 3 rings (SSSR count). The largest absolute Gasteiger partial charge is 0.380 e. The number of amides is 1. The van der Waals surface area contributed by atoms with Crippen LogP contribution >= 0.6 is 0 Å². The number of methoxy groups -OCH3 is 1. The van der Waals surface area contributed by atoms with Crippen molar-refractivity contribution in [3.63, 3.8) is 0 Å². The molecule has 0 radical (unpaired) electrons. The highest BCUT2D eigenvalue weighted by Crippen LogP contribution is 2.26. The molecular weight excluding hydrogens is 314 g/mol. The lowest BCUT2D eigenvalue weighted by atomic mass is 9.95. The minimum atomic E-state index is -0.136. The maximum atomic E-state index is 12.5. The summed E-state index contributed by atoms with van der Waals surface area (Å²) >= 11 is 0. The molecule has 1 amide bonds. The second-order valence-electron chi connectivity index (χ2n) is 7.44. The number of carbonyl (C=O) groups excluding carboxylic acids is 1. The fraction of sp³-hybridized carbons (Fsp3) is 0.650. The summed E-state index contributed by atoms with van der Waals surface area (Å²) in [6.07, 6.45) is 3.36. The van der Waals surface area contributed by atoms with Crippen molar-refractivity contribution in [2.45, 2.75) is 44.4 Å². The van der Waals surface area contributed by atoms with Gasteiger partial charge in [0.05, 0.1) is 18.2 Å². The van der Waals surface area contributed by atoms with Crippen LogP contribution in [0.4, 0.5) is 0 Å². The molecule has 0 aliphatic carbocycles. The van der Waals surface area contributed by atoms with Crippen LogP contribution < -0.4 is 10.6 Å². The number of hydrogen-bond acceptors (Lipinski definition) is 4. The molecule has 2 saturated heterocycles. The van der Waals surface area contributed by atoms with Crippen molar-refractivity contribution >= 4 is 5.91 Å². The van der Waals surface area contributed by atoms with E-state index in [9.17, 15) is 4.79 Å². The Kier molecular flexibility index (Phi) is 6.45. The van der Waals surface area contributed by atoms with Crippen LogP contribution in [0.2, 0.25) is 0 Å². The molecule has 2 aliphatic rings. The van der Waals surface area contributed by atoms with E-state index in [0.29, 0.717) is 6.54 Å². The van der Waals surface area contributed by atoms with Crippen molar-refractivity contribution in [1.82, 2.24) is 15.5 Å². The zero-order chi connectivity index (χ0) is 17.6. The number of likely N-dealkylation sites (tertiary alicyclic amines) is 1. The predicted molar refractivity (Wildman–Crippen MR) is 99.4 cm³/mol. The molecule has 5 nitrogen and oxygen atoms in total. The molecule has 0 bridgehead atoms. The molecule has 2 fully saturated rings. The second-order valence-corrected chi connectivity index (χ2v) is 7.44. The van der Waals surface area contributed by atoms with E-state index in [2.05, 4.69) is 46.7 Å². The fourth-order valence-electron chi connectivity index (χ4n) is 3.88. The summed E-state index contributed by atoms with van der Waals surface area (Å²) < 4.78 is 5.34. The van der Waals surface area contributed by atoms with Crippen LogP contribution in [0.5, 0.6) is 0 Å². The van der Waals surface area contributed by atoms with Crippen LogP contribution in [-0.2, 0) is 9.53 Å². The summed E-state index contributed by atoms with van der Waals surface area (Å²) in [4.78, 5) is 15.1. The van der Waals surface area contributed by atoms with Crippen LogP contribution in [0.15, 0.2) is 30.3 Å². The molecule has 2 aliphatic heterocycles. The topological polar surface area (TPSA) is 53.6 Å². The molecule has 1 aromatic rings. The van der Waals surface area contributed by atoms with Crippen LogP contribution in [0.3, 0.4) is 0 Å². The SMILES string of the molecule is CO[C@@H]1CN[C@@H](C(=O)NC[C@H](c2ccccc2)N2CCC(C)CC2)C1. The summed E-state index contributed by atoms with van der Waals surface area (Å²) in [5.74, 6) is 0.891. The van der Waals surface area contributed by atoms with Crippen LogP contribution in [0.1, 0.15) is 37.8 Å². The van der Waals surface area contributed by atoms with E-state index in [4.69, 9.17) is 4.74 Å². The molecule has 0 unspecified atom stereocenters. The maximum Gasteiger partial charge on any atom is 0.237 e. The highest BCUT2D eigenvalue weighted by Gasteiger charge is 2.30.